The zero-order valence-corrected chi connectivity index (χ0v) is 17.9. The zero-order chi connectivity index (χ0) is 20.6. The summed E-state index contributed by atoms with van der Waals surface area (Å²) in [5, 5.41) is 6.73. The molecule has 158 valence electrons. The summed E-state index contributed by atoms with van der Waals surface area (Å²) in [6, 6.07) is 7.44. The summed E-state index contributed by atoms with van der Waals surface area (Å²) >= 11 is 5.89. The third kappa shape index (κ3) is 6.04. The Hall–Kier alpha value is -1.89. The first-order valence-electron chi connectivity index (χ1n) is 10.6. The topological polar surface area (TPSA) is 64.7 Å². The molecule has 3 rings (SSSR count). The van der Waals surface area contributed by atoms with Crippen LogP contribution < -0.4 is 10.6 Å². The van der Waals surface area contributed by atoms with Crippen LogP contribution in [0.15, 0.2) is 30.0 Å². The molecule has 2 N–H and O–H groups in total. The van der Waals surface area contributed by atoms with E-state index in [1.165, 1.54) is 17.7 Å². The molecule has 1 unspecified atom stereocenters. The summed E-state index contributed by atoms with van der Waals surface area (Å²) in [5.41, 5.74) is 1.15. The van der Waals surface area contributed by atoms with E-state index in [9.17, 15) is 9.59 Å². The van der Waals surface area contributed by atoms with Gasteiger partial charge in [-0.2, -0.15) is 0 Å². The van der Waals surface area contributed by atoms with Crippen LogP contribution in [-0.2, 0) is 4.79 Å². The number of unbranched alkanes of at least 4 members (excludes halogenated alkanes) is 1. The Kier molecular flexibility index (Phi) is 8.09. The van der Waals surface area contributed by atoms with Crippen molar-refractivity contribution in [2.24, 2.45) is 0 Å². The number of halogens is 1. The first-order valence-corrected chi connectivity index (χ1v) is 11.0. The number of hydrogen-bond donors (Lipinski definition) is 2. The summed E-state index contributed by atoms with van der Waals surface area (Å²) in [7, 11) is 0. The first kappa shape index (κ1) is 21.8. The van der Waals surface area contributed by atoms with Crippen LogP contribution in [0.2, 0.25) is 5.02 Å². The normalized spacial score (nSPS) is 20.3. The number of urea groups is 1. The molecule has 1 aromatic rings. The minimum atomic E-state index is -0.331. The predicted octanol–water partition coefficient (Wildman–Crippen LogP) is 3.48. The average molecular weight is 419 g/mol. The number of imide groups is 1. The molecule has 0 spiro atoms. The fourth-order valence-corrected chi connectivity index (χ4v) is 4.17. The third-order valence-electron chi connectivity index (χ3n) is 5.60. The summed E-state index contributed by atoms with van der Waals surface area (Å²) < 4.78 is 0. The van der Waals surface area contributed by atoms with Crippen LogP contribution in [0.25, 0.3) is 6.08 Å². The molecule has 0 saturated carbocycles. The van der Waals surface area contributed by atoms with Gasteiger partial charge in [0.25, 0.3) is 5.91 Å². The van der Waals surface area contributed by atoms with Gasteiger partial charge in [-0.1, -0.05) is 43.5 Å². The van der Waals surface area contributed by atoms with Gasteiger partial charge in [-0.05, 0) is 43.0 Å². The molecular formula is C22H31ClN4O2. The fourth-order valence-electron chi connectivity index (χ4n) is 4.04. The molecule has 6 nitrogen and oxygen atoms in total. The highest BCUT2D eigenvalue weighted by atomic mass is 35.5. The standard InChI is InChI=1S/C22H31ClN4O2/c1-2-5-19(26-14-11-24-12-15-26)6-3-4-13-27-21(28)20(25-22(27)29)16-17-7-9-18(23)10-8-17/h7-10,16,19,24H,2-6,11-15H2,1H3,(H,25,29)/b20-16+. The Labute approximate surface area is 178 Å². The van der Waals surface area contributed by atoms with Crippen LogP contribution >= 0.6 is 11.6 Å². The zero-order valence-electron chi connectivity index (χ0n) is 17.1. The average Bonchev–Trinajstić information content (AvgIpc) is 2.99. The van der Waals surface area contributed by atoms with Crippen LogP contribution in [0.4, 0.5) is 4.79 Å². The number of piperazine rings is 1. The Morgan fingerprint density at radius 1 is 1.10 bits per heavy atom. The third-order valence-corrected chi connectivity index (χ3v) is 5.85. The summed E-state index contributed by atoms with van der Waals surface area (Å²) in [4.78, 5) is 28.7. The molecular weight excluding hydrogens is 388 g/mol. The van der Waals surface area contributed by atoms with Gasteiger partial charge in [0.2, 0.25) is 0 Å². The van der Waals surface area contributed by atoms with Gasteiger partial charge in [0.15, 0.2) is 0 Å². The molecule has 0 bridgehead atoms. The van der Waals surface area contributed by atoms with Crippen molar-refractivity contribution in [3.05, 3.63) is 40.5 Å². The second-order valence-corrected chi connectivity index (χ2v) is 8.16. The number of carbonyl (C=O) groups is 2. The van der Waals surface area contributed by atoms with Crippen LogP contribution in [0.3, 0.4) is 0 Å². The molecule has 2 heterocycles. The number of nitrogens with one attached hydrogen (secondary N) is 2. The summed E-state index contributed by atoms with van der Waals surface area (Å²) in [6.45, 7) is 7.03. The highest BCUT2D eigenvalue weighted by Crippen LogP contribution is 2.19. The lowest BCUT2D eigenvalue weighted by atomic mass is 10.0. The van der Waals surface area contributed by atoms with E-state index in [0.717, 1.165) is 51.0 Å². The van der Waals surface area contributed by atoms with Crippen molar-refractivity contribution in [3.8, 4) is 0 Å². The number of benzene rings is 1. The molecule has 1 aromatic carbocycles. The van der Waals surface area contributed by atoms with Gasteiger partial charge >= 0.3 is 6.03 Å². The van der Waals surface area contributed by atoms with Crippen molar-refractivity contribution >= 4 is 29.6 Å². The van der Waals surface area contributed by atoms with Gasteiger partial charge in [0.1, 0.15) is 5.70 Å². The van der Waals surface area contributed by atoms with Crippen molar-refractivity contribution in [3.63, 3.8) is 0 Å². The van der Waals surface area contributed by atoms with Crippen molar-refractivity contribution in [2.45, 2.75) is 45.1 Å². The summed E-state index contributed by atoms with van der Waals surface area (Å²) in [6.07, 6.45) is 7.04. The van der Waals surface area contributed by atoms with Crippen LogP contribution in [0.1, 0.15) is 44.6 Å². The molecule has 0 radical (unpaired) electrons. The molecule has 1 atom stereocenters. The maximum absolute atomic E-state index is 12.6. The minimum Gasteiger partial charge on any atom is -0.314 e. The highest BCUT2D eigenvalue weighted by Gasteiger charge is 2.33. The Morgan fingerprint density at radius 3 is 2.52 bits per heavy atom. The molecule has 2 fully saturated rings. The van der Waals surface area contributed by atoms with E-state index < -0.39 is 0 Å². The van der Waals surface area contributed by atoms with Gasteiger partial charge in [0.05, 0.1) is 0 Å². The van der Waals surface area contributed by atoms with Crippen molar-refractivity contribution in [2.75, 3.05) is 32.7 Å². The van der Waals surface area contributed by atoms with Crippen LogP contribution in [0.5, 0.6) is 0 Å². The van der Waals surface area contributed by atoms with Gasteiger partial charge in [-0.3, -0.25) is 14.6 Å². The maximum Gasteiger partial charge on any atom is 0.329 e. The van der Waals surface area contributed by atoms with Crippen LogP contribution in [-0.4, -0.2) is 60.5 Å². The molecule has 3 amide bonds. The molecule has 2 saturated heterocycles. The second-order valence-electron chi connectivity index (χ2n) is 7.72. The molecule has 2 aliphatic rings. The minimum absolute atomic E-state index is 0.253. The number of hydrogen-bond acceptors (Lipinski definition) is 4. The van der Waals surface area contributed by atoms with Gasteiger partial charge < -0.3 is 10.6 Å². The van der Waals surface area contributed by atoms with Crippen molar-refractivity contribution in [1.82, 2.24) is 20.4 Å². The molecule has 0 aliphatic carbocycles. The van der Waals surface area contributed by atoms with E-state index in [1.54, 1.807) is 18.2 Å². The highest BCUT2D eigenvalue weighted by molar-refractivity contribution is 6.30. The van der Waals surface area contributed by atoms with E-state index in [2.05, 4.69) is 22.5 Å². The molecule has 7 heteroatoms. The molecule has 2 aliphatic heterocycles. The lowest BCUT2D eigenvalue weighted by molar-refractivity contribution is -0.122. The second kappa shape index (κ2) is 10.8. The van der Waals surface area contributed by atoms with Gasteiger partial charge in [-0.15, -0.1) is 0 Å². The number of rotatable bonds is 9. The SMILES string of the molecule is CCCC(CCCCN1C(=O)N/C(=C/c2ccc(Cl)cc2)C1=O)N1CCNCC1. The van der Waals surface area contributed by atoms with E-state index in [0.29, 0.717) is 23.3 Å². The lowest BCUT2D eigenvalue weighted by Gasteiger charge is -2.35. The van der Waals surface area contributed by atoms with Crippen LogP contribution in [0, 0.1) is 0 Å². The Morgan fingerprint density at radius 2 is 1.83 bits per heavy atom. The first-order chi connectivity index (χ1) is 14.1. The van der Waals surface area contributed by atoms with E-state index in [-0.39, 0.29) is 11.9 Å². The number of carbonyl (C=O) groups excluding carboxylic acids is 2. The quantitative estimate of drug-likeness (QED) is 0.366. The Bertz CT molecular complexity index is 729. The maximum atomic E-state index is 12.6. The number of amides is 3. The Balaban J connectivity index is 1.49. The fraction of sp³-hybridized carbons (Fsp3) is 0.545. The van der Waals surface area contributed by atoms with Crippen molar-refractivity contribution in [1.29, 1.82) is 0 Å². The van der Waals surface area contributed by atoms with E-state index in [1.807, 2.05) is 12.1 Å². The van der Waals surface area contributed by atoms with Gasteiger partial charge in [-0.25, -0.2) is 4.79 Å². The van der Waals surface area contributed by atoms with Crippen molar-refractivity contribution < 1.29 is 9.59 Å². The lowest BCUT2D eigenvalue weighted by Crippen LogP contribution is -2.48. The molecule has 0 aromatic heterocycles. The van der Waals surface area contributed by atoms with E-state index in [4.69, 9.17) is 11.6 Å². The van der Waals surface area contributed by atoms with Gasteiger partial charge in [0, 0.05) is 43.8 Å². The number of nitrogens with zero attached hydrogens (tertiary/aromatic N) is 2. The molecule has 29 heavy (non-hydrogen) atoms. The summed E-state index contributed by atoms with van der Waals surface area (Å²) in [5.74, 6) is -0.253. The monoisotopic (exact) mass is 418 g/mol. The predicted molar refractivity (Wildman–Crippen MR) is 117 cm³/mol. The largest absolute Gasteiger partial charge is 0.329 e. The van der Waals surface area contributed by atoms with E-state index >= 15 is 0 Å². The smallest absolute Gasteiger partial charge is 0.314 e.